The van der Waals surface area contributed by atoms with E-state index in [4.69, 9.17) is 4.74 Å². The summed E-state index contributed by atoms with van der Waals surface area (Å²) in [4.78, 5) is 0. The normalized spacial score (nSPS) is 20.8. The molecule has 10 rings (SSSR count). The molecule has 0 amide bonds. The molecule has 2 aromatic heterocycles. The summed E-state index contributed by atoms with van der Waals surface area (Å²) in [5.74, 6) is 1.72. The fourth-order valence-electron chi connectivity index (χ4n) is 8.33. The van der Waals surface area contributed by atoms with Crippen LogP contribution < -0.4 is 4.74 Å². The van der Waals surface area contributed by atoms with Crippen LogP contribution in [0.3, 0.4) is 0 Å². The Morgan fingerprint density at radius 3 is 1.80 bits per heavy atom. The van der Waals surface area contributed by atoms with Crippen molar-refractivity contribution >= 4 is 49.3 Å². The first-order valence-electron chi connectivity index (χ1n) is 16.2. The number of hydrogen-bond donors (Lipinski definition) is 0. The van der Waals surface area contributed by atoms with Gasteiger partial charge in [0.1, 0.15) is 11.9 Å². The Balaban J connectivity index is 1.02. The lowest BCUT2D eigenvalue weighted by atomic mass is 9.77. The monoisotopic (exact) mass is 580 g/mol. The van der Waals surface area contributed by atoms with Gasteiger partial charge >= 0.3 is 0 Å². The molecule has 3 heterocycles. The molecule has 0 N–H and O–H groups in total. The van der Waals surface area contributed by atoms with E-state index in [0.29, 0.717) is 11.8 Å². The Labute approximate surface area is 262 Å². The maximum Gasteiger partial charge on any atom is 0.124 e. The van der Waals surface area contributed by atoms with E-state index in [0.717, 1.165) is 25.0 Å². The van der Waals surface area contributed by atoms with Gasteiger partial charge in [-0.3, -0.25) is 0 Å². The number of allylic oxidation sites excluding steroid dienone is 5. The van der Waals surface area contributed by atoms with Crippen LogP contribution in [0.5, 0.6) is 5.75 Å². The lowest BCUT2D eigenvalue weighted by Gasteiger charge is -2.29. The molecule has 0 radical (unpaired) electrons. The molecule has 3 atom stereocenters. The molecular weight excluding hydrogens is 548 g/mol. The van der Waals surface area contributed by atoms with Crippen LogP contribution in [0, 0.1) is 5.92 Å². The van der Waals surface area contributed by atoms with Gasteiger partial charge in [-0.05, 0) is 79.5 Å². The summed E-state index contributed by atoms with van der Waals surface area (Å²) in [5, 5.41) is 5.23. The summed E-state index contributed by atoms with van der Waals surface area (Å²) in [6.07, 6.45) is 12.9. The lowest BCUT2D eigenvalue weighted by molar-refractivity contribution is 0.236. The van der Waals surface area contributed by atoms with E-state index in [9.17, 15) is 0 Å². The van der Waals surface area contributed by atoms with E-state index < -0.39 is 0 Å². The van der Waals surface area contributed by atoms with Crippen molar-refractivity contribution < 1.29 is 4.74 Å². The zero-order chi connectivity index (χ0) is 29.5. The Kier molecular flexibility index (Phi) is 5.36. The molecule has 3 aliphatic rings. The number of rotatable bonds is 3. The van der Waals surface area contributed by atoms with Crippen molar-refractivity contribution in [2.75, 3.05) is 0 Å². The molecule has 0 spiro atoms. The van der Waals surface area contributed by atoms with Crippen LogP contribution in [-0.4, -0.2) is 15.2 Å². The van der Waals surface area contributed by atoms with Gasteiger partial charge < -0.3 is 13.9 Å². The Hall–Kier alpha value is -5.28. The largest absolute Gasteiger partial charge is 0.485 e. The summed E-state index contributed by atoms with van der Waals surface area (Å²) in [6.45, 7) is 0. The molecule has 0 saturated heterocycles. The average molecular weight is 581 g/mol. The van der Waals surface area contributed by atoms with E-state index in [1.165, 1.54) is 66.1 Å². The number of hydrogen-bond acceptors (Lipinski definition) is 1. The highest BCUT2D eigenvalue weighted by atomic mass is 16.5. The highest BCUT2D eigenvalue weighted by molar-refractivity contribution is 6.10. The van der Waals surface area contributed by atoms with Gasteiger partial charge in [-0.1, -0.05) is 84.9 Å². The molecule has 3 heteroatoms. The Bertz CT molecular complexity index is 2310. The Morgan fingerprint density at radius 2 is 1.18 bits per heavy atom. The molecule has 0 bridgehead atoms. The van der Waals surface area contributed by atoms with Crippen LogP contribution >= 0.6 is 0 Å². The van der Waals surface area contributed by atoms with E-state index in [1.807, 2.05) is 0 Å². The number of fused-ring (bicyclic) bond motifs is 9. The smallest absolute Gasteiger partial charge is 0.124 e. The maximum absolute atomic E-state index is 6.54. The van der Waals surface area contributed by atoms with Crippen molar-refractivity contribution in [3.63, 3.8) is 0 Å². The topological polar surface area (TPSA) is 19.1 Å². The minimum absolute atomic E-state index is 0.0922. The fourth-order valence-corrected chi connectivity index (χ4v) is 8.33. The van der Waals surface area contributed by atoms with Crippen LogP contribution in [-0.2, 0) is 0 Å². The third-order valence-electron chi connectivity index (χ3n) is 10.3. The SMILES string of the molecule is C1=CC2Oc3ccc(-n4c5ccccc5c5ccccc54)cc3C2CC1C1=CCCC(n2c3ccccc3c3ccccc32)=C1. The first kappa shape index (κ1) is 25.1. The molecule has 0 fully saturated rings. The van der Waals surface area contributed by atoms with Crippen molar-refractivity contribution in [2.45, 2.75) is 31.3 Å². The Morgan fingerprint density at radius 1 is 0.600 bits per heavy atom. The van der Waals surface area contributed by atoms with Gasteiger partial charge in [0.15, 0.2) is 0 Å². The van der Waals surface area contributed by atoms with Gasteiger partial charge in [-0.15, -0.1) is 0 Å². The van der Waals surface area contributed by atoms with Crippen LogP contribution in [0.2, 0.25) is 0 Å². The van der Waals surface area contributed by atoms with Gasteiger partial charge in [-0.25, -0.2) is 0 Å². The number of aromatic nitrogens is 2. The average Bonchev–Trinajstić information content (AvgIpc) is 3.75. The lowest BCUT2D eigenvalue weighted by Crippen LogP contribution is -2.23. The van der Waals surface area contributed by atoms with E-state index >= 15 is 0 Å². The van der Waals surface area contributed by atoms with Crippen molar-refractivity contribution in [3.05, 3.63) is 151 Å². The second-order valence-electron chi connectivity index (χ2n) is 12.8. The molecule has 3 unspecified atom stereocenters. The van der Waals surface area contributed by atoms with E-state index in [1.54, 1.807) is 0 Å². The first-order valence-corrected chi connectivity index (χ1v) is 16.2. The highest BCUT2D eigenvalue weighted by Crippen LogP contribution is 2.48. The summed E-state index contributed by atoms with van der Waals surface area (Å²) in [6, 6.07) is 41.9. The summed E-state index contributed by atoms with van der Waals surface area (Å²) in [5.41, 5.74) is 10.4. The van der Waals surface area contributed by atoms with Gasteiger partial charge in [-0.2, -0.15) is 0 Å². The highest BCUT2D eigenvalue weighted by Gasteiger charge is 2.38. The quantitative estimate of drug-likeness (QED) is 0.190. The van der Waals surface area contributed by atoms with Crippen molar-refractivity contribution in [1.29, 1.82) is 0 Å². The molecule has 3 nitrogen and oxygen atoms in total. The summed E-state index contributed by atoms with van der Waals surface area (Å²) in [7, 11) is 0. The van der Waals surface area contributed by atoms with Gasteiger partial charge in [0.25, 0.3) is 0 Å². The molecule has 2 aliphatic carbocycles. The standard InChI is InChI=1S/C42H32N2O/c1-5-16-37-31(12-1)32-13-2-6-17-38(32)43(37)29-11-9-10-27(24-29)28-20-22-41-35(25-28)36-26-30(21-23-42(36)45-41)44-39-18-7-3-14-33(39)34-15-4-8-19-40(34)44/h1-8,10,12-24,26,28,35,41H,9,11,25H2. The maximum atomic E-state index is 6.54. The molecule has 1 aliphatic heterocycles. The van der Waals surface area contributed by atoms with E-state index in [2.05, 4.69) is 149 Å². The van der Waals surface area contributed by atoms with Crippen molar-refractivity contribution in [1.82, 2.24) is 9.13 Å². The second-order valence-corrected chi connectivity index (χ2v) is 12.8. The third kappa shape index (κ3) is 3.70. The third-order valence-corrected chi connectivity index (χ3v) is 10.3. The predicted octanol–water partition coefficient (Wildman–Crippen LogP) is 10.6. The molecule has 45 heavy (non-hydrogen) atoms. The molecule has 5 aromatic carbocycles. The zero-order valence-corrected chi connectivity index (χ0v) is 24.9. The minimum atomic E-state index is 0.0922. The molecule has 0 saturated carbocycles. The molecular formula is C42H32N2O. The van der Waals surface area contributed by atoms with Crippen LogP contribution in [0.1, 0.15) is 30.7 Å². The van der Waals surface area contributed by atoms with Crippen LogP contribution in [0.25, 0.3) is 55.0 Å². The number of nitrogens with zero attached hydrogens (tertiary/aromatic N) is 2. The molecule has 7 aromatic rings. The number of benzene rings is 5. The summed E-state index contributed by atoms with van der Waals surface area (Å²) < 4.78 is 11.4. The number of ether oxygens (including phenoxy) is 1. The van der Waals surface area contributed by atoms with Gasteiger partial charge in [0.2, 0.25) is 0 Å². The van der Waals surface area contributed by atoms with Crippen molar-refractivity contribution in [3.8, 4) is 11.4 Å². The predicted molar refractivity (Wildman–Crippen MR) is 186 cm³/mol. The van der Waals surface area contributed by atoms with Gasteiger partial charge in [0.05, 0.1) is 22.1 Å². The first-order chi connectivity index (χ1) is 22.3. The van der Waals surface area contributed by atoms with E-state index in [-0.39, 0.29) is 6.10 Å². The fraction of sp³-hybridized carbons (Fsp3) is 0.143. The second kappa shape index (κ2) is 9.61. The minimum Gasteiger partial charge on any atom is -0.485 e. The zero-order valence-electron chi connectivity index (χ0n) is 24.9. The van der Waals surface area contributed by atoms with Crippen LogP contribution in [0.4, 0.5) is 0 Å². The van der Waals surface area contributed by atoms with Gasteiger partial charge in [0, 0.05) is 50.3 Å². The van der Waals surface area contributed by atoms with Crippen LogP contribution in [0.15, 0.2) is 145 Å². The van der Waals surface area contributed by atoms with Crippen molar-refractivity contribution in [2.24, 2.45) is 5.92 Å². The summed E-state index contributed by atoms with van der Waals surface area (Å²) >= 11 is 0. The number of para-hydroxylation sites is 4. The molecule has 216 valence electrons.